The van der Waals surface area contributed by atoms with E-state index in [0.29, 0.717) is 15.5 Å². The first-order valence-corrected chi connectivity index (χ1v) is 8.46. The zero-order valence-corrected chi connectivity index (χ0v) is 14.5. The molecule has 0 atom stereocenters. The largest absolute Gasteiger partial charge is 0.293 e. The second-order valence-electron chi connectivity index (χ2n) is 5.06. The van der Waals surface area contributed by atoms with Gasteiger partial charge in [0.1, 0.15) is 5.82 Å². The molecule has 0 saturated carbocycles. The molecule has 0 spiro atoms. The SMILES string of the molecule is O=C1S/C(=C/c2cccc(Cl)c2)C(=O)N1Cc1ccc(F)cc1Cl. The minimum Gasteiger partial charge on any atom is -0.268 e. The molecule has 0 radical (unpaired) electrons. The molecule has 1 heterocycles. The van der Waals surface area contributed by atoms with Crippen molar-refractivity contribution in [3.8, 4) is 0 Å². The minimum atomic E-state index is -0.473. The van der Waals surface area contributed by atoms with E-state index in [4.69, 9.17) is 23.2 Å². The topological polar surface area (TPSA) is 37.4 Å². The molecule has 24 heavy (non-hydrogen) atoms. The molecule has 7 heteroatoms. The highest BCUT2D eigenvalue weighted by atomic mass is 35.5. The average Bonchev–Trinajstić information content (AvgIpc) is 2.77. The third-order valence-electron chi connectivity index (χ3n) is 3.36. The van der Waals surface area contributed by atoms with Gasteiger partial charge in [-0.25, -0.2) is 4.39 Å². The van der Waals surface area contributed by atoms with Crippen molar-refractivity contribution >= 4 is 52.2 Å². The second kappa shape index (κ2) is 6.97. The molecule has 2 aromatic rings. The van der Waals surface area contributed by atoms with E-state index in [1.165, 1.54) is 12.1 Å². The third kappa shape index (κ3) is 3.64. The maximum atomic E-state index is 13.1. The number of nitrogens with zero attached hydrogens (tertiary/aromatic N) is 1. The van der Waals surface area contributed by atoms with Crippen molar-refractivity contribution < 1.29 is 14.0 Å². The van der Waals surface area contributed by atoms with E-state index in [2.05, 4.69) is 0 Å². The zero-order chi connectivity index (χ0) is 17.3. The maximum Gasteiger partial charge on any atom is 0.293 e. The van der Waals surface area contributed by atoms with Gasteiger partial charge in [0.2, 0.25) is 0 Å². The normalized spacial score (nSPS) is 16.3. The van der Waals surface area contributed by atoms with Gasteiger partial charge in [0, 0.05) is 10.0 Å². The van der Waals surface area contributed by atoms with Gasteiger partial charge in [-0.1, -0.05) is 41.4 Å². The summed E-state index contributed by atoms with van der Waals surface area (Å²) in [6.45, 7) is -0.00331. The quantitative estimate of drug-likeness (QED) is 0.670. The molecular weight excluding hydrogens is 372 g/mol. The predicted octanol–water partition coefficient (Wildman–Crippen LogP) is 5.37. The van der Waals surface area contributed by atoms with E-state index in [1.807, 2.05) is 0 Å². The molecule has 1 saturated heterocycles. The van der Waals surface area contributed by atoms with Crippen LogP contribution in [0.4, 0.5) is 9.18 Å². The Morgan fingerprint density at radius 3 is 2.62 bits per heavy atom. The van der Waals surface area contributed by atoms with E-state index in [1.54, 1.807) is 30.3 Å². The Morgan fingerprint density at radius 1 is 1.12 bits per heavy atom. The lowest BCUT2D eigenvalue weighted by atomic mass is 10.2. The molecule has 0 bridgehead atoms. The maximum absolute atomic E-state index is 13.1. The van der Waals surface area contributed by atoms with Crippen LogP contribution in [0.2, 0.25) is 10.0 Å². The molecule has 1 aliphatic rings. The highest BCUT2D eigenvalue weighted by molar-refractivity contribution is 8.18. The summed E-state index contributed by atoms with van der Waals surface area (Å²) in [5.41, 5.74) is 1.23. The summed E-state index contributed by atoms with van der Waals surface area (Å²) in [5.74, 6) is -0.885. The lowest BCUT2D eigenvalue weighted by Crippen LogP contribution is -2.27. The Kier molecular flexibility index (Phi) is 4.94. The van der Waals surface area contributed by atoms with E-state index < -0.39 is 17.0 Å². The Hall–Kier alpha value is -1.82. The molecule has 0 unspecified atom stereocenters. The Balaban J connectivity index is 1.84. The van der Waals surface area contributed by atoms with Crippen molar-refractivity contribution in [3.05, 3.63) is 74.4 Å². The van der Waals surface area contributed by atoms with Crippen molar-refractivity contribution in [2.75, 3.05) is 0 Å². The summed E-state index contributed by atoms with van der Waals surface area (Å²) >= 11 is 12.7. The Labute approximate surface area is 152 Å². The number of hydrogen-bond donors (Lipinski definition) is 0. The fraction of sp³-hybridized carbons (Fsp3) is 0.0588. The average molecular weight is 382 g/mol. The summed E-state index contributed by atoms with van der Waals surface area (Å²) in [5, 5.41) is 0.322. The number of halogens is 3. The van der Waals surface area contributed by atoms with Gasteiger partial charge < -0.3 is 0 Å². The van der Waals surface area contributed by atoms with Gasteiger partial charge in [-0.3, -0.25) is 14.5 Å². The third-order valence-corrected chi connectivity index (χ3v) is 4.86. The number of thioether (sulfide) groups is 1. The van der Waals surface area contributed by atoms with Crippen LogP contribution in [0.1, 0.15) is 11.1 Å². The molecule has 3 rings (SSSR count). The number of carbonyl (C=O) groups excluding carboxylic acids is 2. The van der Waals surface area contributed by atoms with E-state index in [9.17, 15) is 14.0 Å². The monoisotopic (exact) mass is 381 g/mol. The Morgan fingerprint density at radius 2 is 1.92 bits per heavy atom. The molecule has 1 fully saturated rings. The molecule has 0 aromatic heterocycles. The molecule has 2 aromatic carbocycles. The number of imide groups is 1. The highest BCUT2D eigenvalue weighted by Crippen LogP contribution is 2.34. The van der Waals surface area contributed by atoms with Crippen LogP contribution in [-0.2, 0) is 11.3 Å². The number of hydrogen-bond acceptors (Lipinski definition) is 3. The number of benzene rings is 2. The number of amides is 2. The van der Waals surface area contributed by atoms with Gasteiger partial charge in [0.05, 0.1) is 11.4 Å². The molecule has 1 aliphatic heterocycles. The minimum absolute atomic E-state index is 0.00331. The van der Waals surface area contributed by atoms with Gasteiger partial charge in [-0.2, -0.15) is 0 Å². The molecule has 2 amide bonds. The first kappa shape index (κ1) is 17.0. The molecule has 0 aliphatic carbocycles. The zero-order valence-electron chi connectivity index (χ0n) is 12.1. The number of rotatable bonds is 3. The summed E-state index contributed by atoms with van der Waals surface area (Å²) in [7, 11) is 0. The van der Waals surface area contributed by atoms with Crippen molar-refractivity contribution in [3.63, 3.8) is 0 Å². The standard InChI is InChI=1S/C17H10Cl2FNO2S/c18-12-3-1-2-10(6-12)7-15-16(22)21(17(23)24-15)9-11-4-5-13(20)8-14(11)19/h1-8H,9H2/b15-7+. The fourth-order valence-corrected chi connectivity index (χ4v) is 3.47. The van der Waals surface area contributed by atoms with Crippen LogP contribution in [0.3, 0.4) is 0 Å². The van der Waals surface area contributed by atoms with Gasteiger partial charge in [-0.05, 0) is 53.2 Å². The Bertz CT molecular complexity index is 869. The van der Waals surface area contributed by atoms with Crippen LogP contribution in [0.5, 0.6) is 0 Å². The first-order valence-electron chi connectivity index (χ1n) is 6.89. The van der Waals surface area contributed by atoms with Crippen molar-refractivity contribution in [1.29, 1.82) is 0 Å². The van der Waals surface area contributed by atoms with E-state index in [-0.39, 0.29) is 11.6 Å². The van der Waals surface area contributed by atoms with Gasteiger partial charge >= 0.3 is 0 Å². The highest BCUT2D eigenvalue weighted by Gasteiger charge is 2.35. The summed E-state index contributed by atoms with van der Waals surface area (Å²) in [6.07, 6.45) is 1.61. The van der Waals surface area contributed by atoms with E-state index in [0.717, 1.165) is 28.3 Å². The van der Waals surface area contributed by atoms with Gasteiger partial charge in [0.25, 0.3) is 11.1 Å². The lowest BCUT2D eigenvalue weighted by Gasteiger charge is -2.13. The van der Waals surface area contributed by atoms with Crippen LogP contribution in [0.25, 0.3) is 6.08 Å². The smallest absolute Gasteiger partial charge is 0.268 e. The molecular formula is C17H10Cl2FNO2S. The van der Waals surface area contributed by atoms with Crippen LogP contribution >= 0.6 is 35.0 Å². The summed E-state index contributed by atoms with van der Waals surface area (Å²) in [4.78, 5) is 26.0. The van der Waals surface area contributed by atoms with Crippen molar-refractivity contribution in [2.24, 2.45) is 0 Å². The fourth-order valence-electron chi connectivity index (χ4n) is 2.20. The summed E-state index contributed by atoms with van der Waals surface area (Å²) < 4.78 is 13.1. The summed E-state index contributed by atoms with van der Waals surface area (Å²) in [6, 6.07) is 10.8. The lowest BCUT2D eigenvalue weighted by molar-refractivity contribution is -0.123. The van der Waals surface area contributed by atoms with Gasteiger partial charge in [0.15, 0.2) is 0 Å². The van der Waals surface area contributed by atoms with Crippen LogP contribution < -0.4 is 0 Å². The van der Waals surface area contributed by atoms with Crippen LogP contribution in [0, 0.1) is 5.82 Å². The van der Waals surface area contributed by atoms with Crippen molar-refractivity contribution in [1.82, 2.24) is 4.90 Å². The van der Waals surface area contributed by atoms with E-state index >= 15 is 0 Å². The molecule has 0 N–H and O–H groups in total. The van der Waals surface area contributed by atoms with Crippen LogP contribution in [0.15, 0.2) is 47.4 Å². The molecule has 3 nitrogen and oxygen atoms in total. The van der Waals surface area contributed by atoms with Gasteiger partial charge in [-0.15, -0.1) is 0 Å². The van der Waals surface area contributed by atoms with Crippen molar-refractivity contribution in [2.45, 2.75) is 6.54 Å². The van der Waals surface area contributed by atoms with Crippen LogP contribution in [-0.4, -0.2) is 16.0 Å². The first-order chi connectivity index (χ1) is 11.4. The molecule has 122 valence electrons. The second-order valence-corrected chi connectivity index (χ2v) is 6.90. The predicted molar refractivity (Wildman–Crippen MR) is 94.4 cm³/mol. The number of carbonyl (C=O) groups is 2.